The molecule has 0 saturated carbocycles. The summed E-state index contributed by atoms with van der Waals surface area (Å²) in [6.45, 7) is 5.29. The fourth-order valence-electron chi connectivity index (χ4n) is 1.57. The quantitative estimate of drug-likeness (QED) is 0.420. The molecule has 1 aromatic carbocycles. The molecule has 0 amide bonds. The summed E-state index contributed by atoms with van der Waals surface area (Å²) in [6.07, 6.45) is 3.75. The Hall–Kier alpha value is -1.94. The molecule has 0 unspecified atom stereocenters. The monoisotopic (exact) mass is 290 g/mol. The second-order valence-corrected chi connectivity index (χ2v) is 5.10. The highest BCUT2D eigenvalue weighted by atomic mass is 16.5. The van der Waals surface area contributed by atoms with Gasteiger partial charge in [0.2, 0.25) is 0 Å². The van der Waals surface area contributed by atoms with E-state index in [-0.39, 0.29) is 19.0 Å². The van der Waals surface area contributed by atoms with Gasteiger partial charge in [0, 0.05) is 0 Å². The van der Waals surface area contributed by atoms with Crippen LogP contribution >= 0.6 is 0 Å². The summed E-state index contributed by atoms with van der Waals surface area (Å²) >= 11 is 0. The Morgan fingerprint density at radius 3 is 2.48 bits per heavy atom. The summed E-state index contributed by atoms with van der Waals surface area (Å²) in [6, 6.07) is 9.80. The molecule has 0 N–H and O–H groups in total. The van der Waals surface area contributed by atoms with E-state index < -0.39 is 11.4 Å². The molecular weight excluding hydrogens is 268 g/mol. The van der Waals surface area contributed by atoms with E-state index in [1.807, 2.05) is 42.5 Å². The van der Waals surface area contributed by atoms with Gasteiger partial charge in [0.05, 0.1) is 13.2 Å². The molecule has 0 aliphatic carbocycles. The Morgan fingerprint density at radius 1 is 1.19 bits per heavy atom. The van der Waals surface area contributed by atoms with Gasteiger partial charge in [-0.3, -0.25) is 9.59 Å². The van der Waals surface area contributed by atoms with E-state index in [1.165, 1.54) is 0 Å². The van der Waals surface area contributed by atoms with E-state index in [2.05, 4.69) is 0 Å². The number of ether oxygens (including phenoxy) is 2. The Kier molecular flexibility index (Phi) is 6.82. The summed E-state index contributed by atoms with van der Waals surface area (Å²) in [4.78, 5) is 23.6. The van der Waals surface area contributed by atoms with Crippen LogP contribution in [0.15, 0.2) is 36.4 Å². The van der Waals surface area contributed by atoms with Crippen LogP contribution in [0.4, 0.5) is 0 Å². The zero-order valence-electron chi connectivity index (χ0n) is 12.8. The van der Waals surface area contributed by atoms with Crippen molar-refractivity contribution in [3.63, 3.8) is 0 Å². The van der Waals surface area contributed by atoms with Gasteiger partial charge >= 0.3 is 5.97 Å². The molecule has 0 spiro atoms. The van der Waals surface area contributed by atoms with E-state index in [4.69, 9.17) is 9.47 Å². The first-order valence-electron chi connectivity index (χ1n) is 6.98. The maximum absolute atomic E-state index is 12.0. The highest BCUT2D eigenvalue weighted by molar-refractivity contribution is 6.03. The lowest BCUT2D eigenvalue weighted by Crippen LogP contribution is -2.37. The molecular formula is C17H22O4. The molecule has 114 valence electrons. The normalized spacial score (nSPS) is 11.6. The van der Waals surface area contributed by atoms with Crippen molar-refractivity contribution in [2.75, 3.05) is 19.8 Å². The molecule has 0 bridgehead atoms. The fourth-order valence-corrected chi connectivity index (χ4v) is 1.57. The van der Waals surface area contributed by atoms with Crippen LogP contribution in [0.2, 0.25) is 0 Å². The lowest BCUT2D eigenvalue weighted by molar-refractivity contribution is -0.159. The Labute approximate surface area is 125 Å². The van der Waals surface area contributed by atoms with E-state index in [1.54, 1.807) is 20.8 Å². The molecule has 1 rings (SSSR count). The third-order valence-corrected chi connectivity index (χ3v) is 3.04. The fraction of sp³-hybridized carbons (Fsp3) is 0.412. The van der Waals surface area contributed by atoms with Gasteiger partial charge < -0.3 is 9.47 Å². The van der Waals surface area contributed by atoms with Crippen LogP contribution in [0.5, 0.6) is 0 Å². The predicted octanol–water partition coefficient (Wildman–Crippen LogP) is 2.87. The SMILES string of the molecule is CCOC(=O)C(C)(C)C(=O)COC/C=C/c1ccccc1. The Balaban J connectivity index is 2.36. The number of carbonyl (C=O) groups excluding carboxylic acids is 2. The van der Waals surface area contributed by atoms with Crippen molar-refractivity contribution < 1.29 is 19.1 Å². The number of benzene rings is 1. The van der Waals surface area contributed by atoms with Gasteiger partial charge in [0.25, 0.3) is 0 Å². The third kappa shape index (κ3) is 5.52. The highest BCUT2D eigenvalue weighted by Crippen LogP contribution is 2.19. The number of hydrogen-bond donors (Lipinski definition) is 0. The number of esters is 1. The van der Waals surface area contributed by atoms with Crippen molar-refractivity contribution in [2.45, 2.75) is 20.8 Å². The second kappa shape index (κ2) is 8.37. The van der Waals surface area contributed by atoms with Crippen LogP contribution in [-0.4, -0.2) is 31.6 Å². The number of carbonyl (C=O) groups is 2. The lowest BCUT2D eigenvalue weighted by atomic mass is 9.88. The predicted molar refractivity (Wildman–Crippen MR) is 81.7 cm³/mol. The molecule has 4 nitrogen and oxygen atoms in total. The highest BCUT2D eigenvalue weighted by Gasteiger charge is 2.36. The van der Waals surface area contributed by atoms with Gasteiger partial charge in [-0.25, -0.2) is 0 Å². The van der Waals surface area contributed by atoms with Crippen LogP contribution in [0.25, 0.3) is 6.08 Å². The Bertz CT molecular complexity index is 489. The Morgan fingerprint density at radius 2 is 1.86 bits per heavy atom. The lowest BCUT2D eigenvalue weighted by Gasteiger charge is -2.20. The summed E-state index contributed by atoms with van der Waals surface area (Å²) in [5.74, 6) is -0.799. The van der Waals surface area contributed by atoms with Crippen molar-refractivity contribution in [1.82, 2.24) is 0 Å². The largest absolute Gasteiger partial charge is 0.465 e. The van der Waals surface area contributed by atoms with Gasteiger partial charge in [-0.05, 0) is 26.3 Å². The summed E-state index contributed by atoms with van der Waals surface area (Å²) in [7, 11) is 0. The van der Waals surface area contributed by atoms with Crippen molar-refractivity contribution >= 4 is 17.8 Å². The number of ketones is 1. The summed E-state index contributed by atoms with van der Waals surface area (Å²) in [5, 5.41) is 0. The molecule has 0 fully saturated rings. The smallest absolute Gasteiger partial charge is 0.319 e. The van der Waals surface area contributed by atoms with Crippen molar-refractivity contribution in [2.24, 2.45) is 5.41 Å². The molecule has 0 aromatic heterocycles. The van der Waals surface area contributed by atoms with Gasteiger partial charge in [-0.2, -0.15) is 0 Å². The molecule has 0 heterocycles. The minimum atomic E-state index is -1.17. The first-order chi connectivity index (χ1) is 9.98. The van der Waals surface area contributed by atoms with Gasteiger partial charge in [0.1, 0.15) is 12.0 Å². The first kappa shape index (κ1) is 17.1. The third-order valence-electron chi connectivity index (χ3n) is 3.04. The molecule has 1 aromatic rings. The standard InChI is InChI=1S/C17H22O4/c1-4-21-16(19)17(2,3)15(18)13-20-12-8-11-14-9-6-5-7-10-14/h5-11H,4,12-13H2,1-3H3/b11-8+. The summed E-state index contributed by atoms with van der Waals surface area (Å²) < 4.78 is 10.2. The van der Waals surface area contributed by atoms with Crippen LogP contribution in [0.3, 0.4) is 0 Å². The maximum Gasteiger partial charge on any atom is 0.319 e. The number of rotatable bonds is 8. The number of hydrogen-bond acceptors (Lipinski definition) is 4. The summed E-state index contributed by atoms with van der Waals surface area (Å²) in [5.41, 5.74) is -0.0987. The topological polar surface area (TPSA) is 52.6 Å². The number of Topliss-reactive ketones (excluding diaryl/α,β-unsaturated/α-hetero) is 1. The van der Waals surface area contributed by atoms with Gasteiger partial charge in [0.15, 0.2) is 5.78 Å². The van der Waals surface area contributed by atoms with E-state index in [0.29, 0.717) is 6.61 Å². The van der Waals surface area contributed by atoms with Crippen LogP contribution < -0.4 is 0 Å². The molecule has 0 aliphatic heterocycles. The molecule has 0 radical (unpaired) electrons. The zero-order valence-corrected chi connectivity index (χ0v) is 12.8. The molecule has 0 saturated heterocycles. The molecule has 4 heteroatoms. The zero-order chi connectivity index (χ0) is 15.7. The minimum Gasteiger partial charge on any atom is -0.465 e. The van der Waals surface area contributed by atoms with E-state index in [9.17, 15) is 9.59 Å². The molecule has 0 atom stereocenters. The average molecular weight is 290 g/mol. The maximum atomic E-state index is 12.0. The van der Waals surface area contributed by atoms with E-state index >= 15 is 0 Å². The van der Waals surface area contributed by atoms with Crippen LogP contribution in [0.1, 0.15) is 26.3 Å². The second-order valence-electron chi connectivity index (χ2n) is 5.10. The molecule has 0 aliphatic rings. The van der Waals surface area contributed by atoms with Crippen LogP contribution in [0, 0.1) is 5.41 Å². The average Bonchev–Trinajstić information content (AvgIpc) is 2.48. The molecule has 21 heavy (non-hydrogen) atoms. The van der Waals surface area contributed by atoms with Crippen LogP contribution in [-0.2, 0) is 19.1 Å². The van der Waals surface area contributed by atoms with Crippen molar-refractivity contribution in [3.8, 4) is 0 Å². The van der Waals surface area contributed by atoms with E-state index in [0.717, 1.165) is 5.56 Å². The minimum absolute atomic E-state index is 0.106. The van der Waals surface area contributed by atoms with Gasteiger partial charge in [-0.15, -0.1) is 0 Å². The first-order valence-corrected chi connectivity index (χ1v) is 6.98. The van der Waals surface area contributed by atoms with Crippen molar-refractivity contribution in [3.05, 3.63) is 42.0 Å². The van der Waals surface area contributed by atoms with Gasteiger partial charge in [-0.1, -0.05) is 42.5 Å². The van der Waals surface area contributed by atoms with Crippen molar-refractivity contribution in [1.29, 1.82) is 0 Å².